The summed E-state index contributed by atoms with van der Waals surface area (Å²) < 4.78 is 74.8. The van der Waals surface area contributed by atoms with Crippen molar-refractivity contribution in [3.05, 3.63) is 70.4 Å². The lowest BCUT2D eigenvalue weighted by atomic mass is 10.0. The van der Waals surface area contributed by atoms with Crippen molar-refractivity contribution in [2.45, 2.75) is 42.2 Å². The maximum Gasteiger partial charge on any atom is 0.387 e. The molecule has 1 aliphatic carbocycles. The minimum atomic E-state index is -4.04. The van der Waals surface area contributed by atoms with E-state index in [1.165, 1.54) is 42.9 Å². The molecule has 3 heterocycles. The third kappa shape index (κ3) is 7.08. The van der Waals surface area contributed by atoms with E-state index >= 15 is 0 Å². The maximum atomic E-state index is 13.5. The van der Waals surface area contributed by atoms with Gasteiger partial charge < -0.3 is 18.6 Å². The molecule has 9 nitrogen and oxygen atoms in total. The van der Waals surface area contributed by atoms with E-state index in [0.717, 1.165) is 35.2 Å². The molecule has 1 saturated heterocycles. The molecule has 1 aliphatic heterocycles. The van der Waals surface area contributed by atoms with Gasteiger partial charge in [-0.05, 0) is 48.1 Å². The van der Waals surface area contributed by atoms with E-state index in [9.17, 15) is 22.0 Å². The highest BCUT2D eigenvalue weighted by atomic mass is 35.5. The van der Waals surface area contributed by atoms with Gasteiger partial charge in [0.2, 0.25) is 10.0 Å². The first-order chi connectivity index (χ1) is 19.6. The zero-order valence-electron chi connectivity index (χ0n) is 21.3. The van der Waals surface area contributed by atoms with Gasteiger partial charge in [0.1, 0.15) is 17.3 Å². The number of esters is 1. The SMILES string of the molecule is O=C(OC(Cc1c(Cl)cncc1Cl)c1ccc(OC(F)F)c(OCC2CC2)c1)C1SCCN1S(=O)(=O)c1ccoc1. The van der Waals surface area contributed by atoms with Gasteiger partial charge in [0.15, 0.2) is 16.9 Å². The summed E-state index contributed by atoms with van der Waals surface area (Å²) in [6.45, 7) is -2.67. The van der Waals surface area contributed by atoms with E-state index in [2.05, 4.69) is 9.72 Å². The molecule has 15 heteroatoms. The van der Waals surface area contributed by atoms with Gasteiger partial charge in [0.25, 0.3) is 0 Å². The van der Waals surface area contributed by atoms with Crippen molar-refractivity contribution in [1.82, 2.24) is 9.29 Å². The van der Waals surface area contributed by atoms with E-state index in [1.807, 2.05) is 0 Å². The molecule has 2 fully saturated rings. The highest BCUT2D eigenvalue weighted by Crippen LogP contribution is 2.39. The number of hydrogen-bond acceptors (Lipinski definition) is 9. The summed E-state index contributed by atoms with van der Waals surface area (Å²) in [5.74, 6) is -0.245. The van der Waals surface area contributed by atoms with Crippen LogP contribution in [0.1, 0.15) is 30.1 Å². The quantitative estimate of drug-likeness (QED) is 0.220. The highest BCUT2D eigenvalue weighted by molar-refractivity contribution is 8.02. The topological polar surface area (TPSA) is 108 Å². The van der Waals surface area contributed by atoms with Crippen molar-refractivity contribution in [1.29, 1.82) is 0 Å². The van der Waals surface area contributed by atoms with Crippen molar-refractivity contribution in [3.63, 3.8) is 0 Å². The molecule has 0 amide bonds. The Balaban J connectivity index is 1.46. The van der Waals surface area contributed by atoms with Gasteiger partial charge in [-0.1, -0.05) is 29.3 Å². The van der Waals surface area contributed by atoms with E-state index < -0.39 is 34.1 Å². The first kappa shape index (κ1) is 29.9. The largest absolute Gasteiger partial charge is 0.489 e. The molecule has 2 atom stereocenters. The molecule has 5 rings (SSSR count). The molecule has 1 saturated carbocycles. The first-order valence-corrected chi connectivity index (χ1v) is 15.7. The standard InChI is InChI=1S/C26H24Cl2F2N2O7S2/c27-19-11-31-12-20(28)18(19)10-22(16-3-4-21(39-26(29)30)23(9-16)37-13-15-1-2-15)38-25(33)24-32(6-8-40-24)41(34,35)17-5-7-36-14-17/h3-5,7,9,11-12,14-15,22,24,26H,1-2,6,8,10,13H2. The Morgan fingerprint density at radius 1 is 1.17 bits per heavy atom. The van der Waals surface area contributed by atoms with Crippen LogP contribution in [0.5, 0.6) is 11.5 Å². The molecule has 0 N–H and O–H groups in total. The normalized spacial score (nSPS) is 18.4. The maximum absolute atomic E-state index is 13.5. The Kier molecular flexibility index (Phi) is 9.29. The molecule has 41 heavy (non-hydrogen) atoms. The third-order valence-corrected chi connectivity index (χ3v) is 10.3. The van der Waals surface area contributed by atoms with E-state index in [-0.39, 0.29) is 39.4 Å². The van der Waals surface area contributed by atoms with Gasteiger partial charge in [0, 0.05) is 31.1 Å². The Morgan fingerprint density at radius 2 is 1.93 bits per heavy atom. The van der Waals surface area contributed by atoms with Crippen molar-refractivity contribution >= 4 is 51.0 Å². The Bertz CT molecular complexity index is 1470. The van der Waals surface area contributed by atoms with Crippen molar-refractivity contribution in [2.24, 2.45) is 5.92 Å². The molecule has 0 bridgehead atoms. The third-order valence-electron chi connectivity index (χ3n) is 6.48. The number of sulfonamides is 1. The van der Waals surface area contributed by atoms with E-state index in [0.29, 0.717) is 29.4 Å². The molecular formula is C26H24Cl2F2N2O7S2. The summed E-state index contributed by atoms with van der Waals surface area (Å²) >= 11 is 13.8. The van der Waals surface area contributed by atoms with E-state index in [4.69, 9.17) is 37.1 Å². The molecule has 220 valence electrons. The van der Waals surface area contributed by atoms with Crippen LogP contribution in [0.4, 0.5) is 8.78 Å². The van der Waals surface area contributed by atoms with Gasteiger partial charge in [-0.15, -0.1) is 11.8 Å². The number of hydrogen-bond donors (Lipinski definition) is 0. The minimum Gasteiger partial charge on any atom is -0.489 e. The number of carbonyl (C=O) groups excluding carboxylic acids is 1. The summed E-state index contributed by atoms with van der Waals surface area (Å²) in [5.41, 5.74) is 0.804. The number of alkyl halides is 2. The Hall–Kier alpha value is -2.58. The molecule has 2 unspecified atom stereocenters. The predicted octanol–water partition coefficient (Wildman–Crippen LogP) is 5.96. The summed E-state index contributed by atoms with van der Waals surface area (Å²) in [4.78, 5) is 17.4. The Morgan fingerprint density at radius 3 is 2.59 bits per heavy atom. The first-order valence-electron chi connectivity index (χ1n) is 12.5. The lowest BCUT2D eigenvalue weighted by Gasteiger charge is -2.25. The number of benzene rings is 1. The number of thioether (sulfide) groups is 1. The second-order valence-corrected chi connectivity index (χ2v) is 13.2. The van der Waals surface area contributed by atoms with Gasteiger partial charge in [0.05, 0.1) is 22.9 Å². The van der Waals surface area contributed by atoms with Crippen LogP contribution < -0.4 is 9.47 Å². The van der Waals surface area contributed by atoms with Crippen LogP contribution in [0, 0.1) is 5.92 Å². The lowest BCUT2D eigenvalue weighted by Crippen LogP contribution is -2.40. The average molecular weight is 650 g/mol. The zero-order valence-corrected chi connectivity index (χ0v) is 24.4. The monoisotopic (exact) mass is 648 g/mol. The van der Waals surface area contributed by atoms with Crippen LogP contribution in [-0.4, -0.2) is 54.6 Å². The molecule has 0 spiro atoms. The van der Waals surface area contributed by atoms with Crippen LogP contribution in [0.15, 0.2) is 58.5 Å². The van der Waals surface area contributed by atoms with Gasteiger partial charge in [-0.25, -0.2) is 13.2 Å². The molecule has 2 aliphatic rings. The number of carbonyl (C=O) groups is 1. The van der Waals surface area contributed by atoms with Gasteiger partial charge >= 0.3 is 12.6 Å². The smallest absolute Gasteiger partial charge is 0.387 e. The van der Waals surface area contributed by atoms with Crippen molar-refractivity contribution < 1.29 is 40.6 Å². The van der Waals surface area contributed by atoms with Crippen molar-refractivity contribution in [3.8, 4) is 11.5 Å². The number of aromatic nitrogens is 1. The van der Waals surface area contributed by atoms with Crippen LogP contribution in [-0.2, 0) is 26.0 Å². The Labute approximate surface area is 249 Å². The fourth-order valence-corrected chi connectivity index (χ4v) is 7.68. The summed E-state index contributed by atoms with van der Waals surface area (Å²) in [7, 11) is -4.04. The number of rotatable bonds is 12. The summed E-state index contributed by atoms with van der Waals surface area (Å²) in [6, 6.07) is 5.52. The average Bonchev–Trinajstić information content (AvgIpc) is 3.36. The van der Waals surface area contributed by atoms with Crippen molar-refractivity contribution in [2.75, 3.05) is 18.9 Å². The summed E-state index contributed by atoms with van der Waals surface area (Å²) in [6.07, 6.45) is 5.96. The number of nitrogens with zero attached hydrogens (tertiary/aromatic N) is 2. The van der Waals surface area contributed by atoms with Crippen LogP contribution >= 0.6 is 35.0 Å². The summed E-state index contributed by atoms with van der Waals surface area (Å²) in [5, 5.41) is -0.727. The molecule has 1 aromatic carbocycles. The second kappa shape index (κ2) is 12.7. The molecule has 2 aromatic heterocycles. The highest BCUT2D eigenvalue weighted by Gasteiger charge is 2.42. The van der Waals surface area contributed by atoms with Crippen LogP contribution in [0.2, 0.25) is 10.0 Å². The zero-order chi connectivity index (χ0) is 29.1. The predicted molar refractivity (Wildman–Crippen MR) is 147 cm³/mol. The number of furan rings is 1. The van der Waals surface area contributed by atoms with Gasteiger partial charge in [-0.2, -0.15) is 13.1 Å². The molecule has 3 aromatic rings. The minimum absolute atomic E-state index is 0.0189. The molecule has 0 radical (unpaired) electrons. The number of ether oxygens (including phenoxy) is 3. The fraction of sp³-hybridized carbons (Fsp3) is 0.385. The van der Waals surface area contributed by atoms with Crippen LogP contribution in [0.25, 0.3) is 0 Å². The molecular weight excluding hydrogens is 625 g/mol. The second-order valence-electron chi connectivity index (χ2n) is 9.35. The lowest BCUT2D eigenvalue weighted by molar-refractivity contribution is -0.150. The van der Waals surface area contributed by atoms with Crippen LogP contribution in [0.3, 0.4) is 0 Å². The fourth-order valence-electron chi connectivity index (χ4n) is 4.19. The van der Waals surface area contributed by atoms with Gasteiger partial charge in [-0.3, -0.25) is 4.98 Å². The van der Waals surface area contributed by atoms with E-state index in [1.54, 1.807) is 0 Å². The number of halogens is 4. The number of pyridine rings is 1.